The van der Waals surface area contributed by atoms with Crippen molar-refractivity contribution in [1.82, 2.24) is 9.97 Å². The van der Waals surface area contributed by atoms with E-state index in [0.717, 1.165) is 22.3 Å². The fraction of sp³-hybridized carbons (Fsp3) is 0.130. The molecule has 0 fully saturated rings. The van der Waals surface area contributed by atoms with Crippen LogP contribution in [0.15, 0.2) is 60.7 Å². The molecule has 0 atom stereocenters. The van der Waals surface area contributed by atoms with Crippen molar-refractivity contribution in [2.75, 3.05) is 5.32 Å². The Labute approximate surface area is 183 Å². The third-order valence-corrected chi connectivity index (χ3v) is 5.18. The maximum atomic E-state index is 9.96. The summed E-state index contributed by atoms with van der Waals surface area (Å²) in [5.41, 5.74) is 3.37. The molecule has 5 rings (SSSR count). The second-order valence-electron chi connectivity index (χ2n) is 7.07. The van der Waals surface area contributed by atoms with Gasteiger partial charge in [-0.15, -0.1) is 0 Å². The van der Waals surface area contributed by atoms with Gasteiger partial charge in [-0.25, -0.2) is 0 Å². The second kappa shape index (κ2) is 8.29. The van der Waals surface area contributed by atoms with Gasteiger partial charge in [0.05, 0.1) is 5.52 Å². The first-order chi connectivity index (χ1) is 15.2. The van der Waals surface area contributed by atoms with E-state index in [2.05, 4.69) is 15.3 Å². The van der Waals surface area contributed by atoms with Crippen molar-refractivity contribution in [2.24, 2.45) is 0 Å². The molecule has 31 heavy (non-hydrogen) atoms. The first-order valence-electron chi connectivity index (χ1n) is 9.68. The summed E-state index contributed by atoms with van der Waals surface area (Å²) in [4.78, 5) is 19.2. The van der Waals surface area contributed by atoms with Crippen LogP contribution in [0.5, 0.6) is 17.5 Å². The number of hydrogen-bond acceptors (Lipinski definition) is 7. The standard InChI is InChI=1S/C23H18ClN3O4/c24-17-7-8-19-18(10-17)22(25-11-14-5-6-16-13-30-31-21(16)9-14)27-23(26-19)29-12-15-3-1-2-4-20(15)28/h1-10,28H,11-13H2,(H,25,26,27). The number of phenolic OH excluding ortho intramolecular Hbond substituents is 1. The van der Waals surface area contributed by atoms with E-state index in [4.69, 9.17) is 26.1 Å². The summed E-state index contributed by atoms with van der Waals surface area (Å²) in [6.45, 7) is 1.11. The maximum absolute atomic E-state index is 9.96. The number of ether oxygens (including phenoxy) is 1. The molecule has 1 aromatic heterocycles. The van der Waals surface area contributed by atoms with Crippen LogP contribution in [0.25, 0.3) is 10.9 Å². The van der Waals surface area contributed by atoms with E-state index >= 15 is 0 Å². The minimum absolute atomic E-state index is 0.146. The molecular formula is C23H18ClN3O4. The lowest BCUT2D eigenvalue weighted by Crippen LogP contribution is -2.06. The zero-order valence-corrected chi connectivity index (χ0v) is 17.1. The number of aromatic nitrogens is 2. The minimum atomic E-state index is 0.146. The summed E-state index contributed by atoms with van der Waals surface area (Å²) < 4.78 is 5.77. The van der Waals surface area contributed by atoms with Gasteiger partial charge in [-0.2, -0.15) is 14.9 Å². The van der Waals surface area contributed by atoms with Gasteiger partial charge < -0.3 is 20.0 Å². The molecular weight excluding hydrogens is 418 g/mol. The molecule has 2 N–H and O–H groups in total. The van der Waals surface area contributed by atoms with Gasteiger partial charge in [-0.05, 0) is 35.9 Å². The highest BCUT2D eigenvalue weighted by Crippen LogP contribution is 2.29. The summed E-state index contributed by atoms with van der Waals surface area (Å²) in [5.74, 6) is 1.48. The van der Waals surface area contributed by atoms with Crippen molar-refractivity contribution in [3.05, 3.63) is 82.4 Å². The number of aromatic hydroxyl groups is 1. The van der Waals surface area contributed by atoms with Gasteiger partial charge in [0, 0.05) is 28.1 Å². The molecule has 0 spiro atoms. The number of fused-ring (bicyclic) bond motifs is 2. The van der Waals surface area contributed by atoms with Gasteiger partial charge in [-0.1, -0.05) is 41.9 Å². The van der Waals surface area contributed by atoms with Crippen LogP contribution in [0.1, 0.15) is 16.7 Å². The number of benzene rings is 3. The monoisotopic (exact) mass is 435 g/mol. The molecule has 0 amide bonds. The number of para-hydroxylation sites is 1. The highest BCUT2D eigenvalue weighted by Gasteiger charge is 2.15. The van der Waals surface area contributed by atoms with Crippen molar-refractivity contribution in [1.29, 1.82) is 0 Å². The topological polar surface area (TPSA) is 85.7 Å². The van der Waals surface area contributed by atoms with Crippen LogP contribution in [-0.4, -0.2) is 15.1 Å². The number of nitrogens with one attached hydrogen (secondary N) is 1. The zero-order chi connectivity index (χ0) is 21.2. The predicted octanol–water partition coefficient (Wildman–Crippen LogP) is 5.00. The highest BCUT2D eigenvalue weighted by molar-refractivity contribution is 6.31. The third kappa shape index (κ3) is 4.19. The van der Waals surface area contributed by atoms with Crippen molar-refractivity contribution in [3.63, 3.8) is 0 Å². The van der Waals surface area contributed by atoms with E-state index in [1.165, 1.54) is 0 Å². The molecule has 0 unspecified atom stereocenters. The van der Waals surface area contributed by atoms with Crippen LogP contribution < -0.4 is 14.9 Å². The molecule has 1 aliphatic heterocycles. The average molecular weight is 436 g/mol. The van der Waals surface area contributed by atoms with E-state index in [0.29, 0.717) is 35.1 Å². The van der Waals surface area contributed by atoms with Crippen molar-refractivity contribution in [2.45, 2.75) is 19.8 Å². The van der Waals surface area contributed by atoms with E-state index in [1.54, 1.807) is 24.3 Å². The van der Waals surface area contributed by atoms with Crippen molar-refractivity contribution < 1.29 is 19.6 Å². The van der Waals surface area contributed by atoms with Crippen LogP contribution in [-0.2, 0) is 24.6 Å². The largest absolute Gasteiger partial charge is 0.508 e. The molecule has 7 nitrogen and oxygen atoms in total. The summed E-state index contributed by atoms with van der Waals surface area (Å²) >= 11 is 6.20. The summed E-state index contributed by atoms with van der Waals surface area (Å²) in [6, 6.07) is 18.5. The molecule has 0 radical (unpaired) electrons. The smallest absolute Gasteiger partial charge is 0.319 e. The van der Waals surface area contributed by atoms with E-state index in [1.807, 2.05) is 36.4 Å². The fourth-order valence-corrected chi connectivity index (χ4v) is 3.47. The molecule has 0 saturated heterocycles. The summed E-state index contributed by atoms with van der Waals surface area (Å²) in [5, 5.41) is 14.7. The molecule has 3 aromatic carbocycles. The third-order valence-electron chi connectivity index (χ3n) is 4.94. The van der Waals surface area contributed by atoms with Crippen LogP contribution in [0.2, 0.25) is 5.02 Å². The number of halogens is 1. The number of anilines is 1. The molecule has 4 aromatic rings. The molecule has 8 heteroatoms. The molecule has 0 saturated carbocycles. The van der Waals surface area contributed by atoms with Crippen molar-refractivity contribution in [3.8, 4) is 17.5 Å². The number of phenols is 1. The van der Waals surface area contributed by atoms with E-state index in [9.17, 15) is 5.11 Å². The van der Waals surface area contributed by atoms with Crippen LogP contribution >= 0.6 is 11.6 Å². The number of hydrogen-bond donors (Lipinski definition) is 2. The minimum Gasteiger partial charge on any atom is -0.508 e. The van der Waals surface area contributed by atoms with Gasteiger partial charge in [0.2, 0.25) is 0 Å². The number of nitrogens with zero attached hydrogens (tertiary/aromatic N) is 2. The van der Waals surface area contributed by atoms with Crippen LogP contribution in [0.3, 0.4) is 0 Å². The Kier molecular flexibility index (Phi) is 5.19. The second-order valence-corrected chi connectivity index (χ2v) is 7.51. The van der Waals surface area contributed by atoms with Gasteiger partial charge in [-0.3, -0.25) is 0 Å². The Hall–Kier alpha value is -3.55. The fourth-order valence-electron chi connectivity index (χ4n) is 3.30. The lowest BCUT2D eigenvalue weighted by Gasteiger charge is -2.12. The molecule has 2 heterocycles. The molecule has 0 bridgehead atoms. The SMILES string of the molecule is Oc1ccccc1COc1nc(NCc2ccc3c(c2)OOC3)c2cc(Cl)ccc2n1. The summed E-state index contributed by atoms with van der Waals surface area (Å²) in [6.07, 6.45) is 0. The maximum Gasteiger partial charge on any atom is 0.319 e. The molecule has 0 aliphatic carbocycles. The highest BCUT2D eigenvalue weighted by atomic mass is 35.5. The molecule has 1 aliphatic rings. The summed E-state index contributed by atoms with van der Waals surface area (Å²) in [7, 11) is 0. The first-order valence-corrected chi connectivity index (χ1v) is 10.1. The Morgan fingerprint density at radius 3 is 2.87 bits per heavy atom. The van der Waals surface area contributed by atoms with Crippen LogP contribution in [0.4, 0.5) is 5.82 Å². The Morgan fingerprint density at radius 1 is 1.06 bits per heavy atom. The number of rotatable bonds is 6. The van der Waals surface area contributed by atoms with E-state index in [-0.39, 0.29) is 18.4 Å². The molecule has 156 valence electrons. The van der Waals surface area contributed by atoms with Gasteiger partial charge >= 0.3 is 6.01 Å². The van der Waals surface area contributed by atoms with E-state index < -0.39 is 0 Å². The van der Waals surface area contributed by atoms with Gasteiger partial charge in [0.25, 0.3) is 0 Å². The quantitative estimate of drug-likeness (QED) is 0.412. The average Bonchev–Trinajstić information content (AvgIpc) is 3.25. The normalized spacial score (nSPS) is 12.4. The zero-order valence-electron chi connectivity index (χ0n) is 16.3. The lowest BCUT2D eigenvalue weighted by molar-refractivity contribution is -0.194. The lowest BCUT2D eigenvalue weighted by atomic mass is 10.1. The Bertz CT molecular complexity index is 1270. The van der Waals surface area contributed by atoms with Gasteiger partial charge in [0.15, 0.2) is 5.75 Å². The Balaban J connectivity index is 1.41. The van der Waals surface area contributed by atoms with Gasteiger partial charge in [0.1, 0.15) is 24.8 Å². The Morgan fingerprint density at radius 2 is 1.97 bits per heavy atom. The first kappa shape index (κ1) is 19.4. The predicted molar refractivity (Wildman–Crippen MR) is 116 cm³/mol. The van der Waals surface area contributed by atoms with Crippen LogP contribution in [0, 0.1) is 0 Å². The van der Waals surface area contributed by atoms with Crippen molar-refractivity contribution >= 4 is 28.3 Å².